The highest BCUT2D eigenvalue weighted by Crippen LogP contribution is 2.21. The molecule has 1 aromatic rings. The van der Waals surface area contributed by atoms with Crippen LogP contribution in [0.1, 0.15) is 76.6 Å². The summed E-state index contributed by atoms with van der Waals surface area (Å²) in [4.78, 5) is 0. The van der Waals surface area contributed by atoms with Gasteiger partial charge >= 0.3 is 0 Å². The first-order chi connectivity index (χ1) is 9.25. The summed E-state index contributed by atoms with van der Waals surface area (Å²) in [6.07, 6.45) is 10.5. The first-order valence-corrected chi connectivity index (χ1v) is 7.65. The van der Waals surface area contributed by atoms with Gasteiger partial charge in [-0.15, -0.1) is 0 Å². The van der Waals surface area contributed by atoms with Crippen LogP contribution in [0.4, 0.5) is 0 Å². The summed E-state index contributed by atoms with van der Waals surface area (Å²) in [5.41, 5.74) is 0. The molecular weight excluding hydrogens is 240 g/mol. The SMILES string of the molecule is CCCCCCCCCCC(O)C(O)c1ccco1. The van der Waals surface area contributed by atoms with Gasteiger partial charge in [-0.05, 0) is 18.6 Å². The van der Waals surface area contributed by atoms with Crippen LogP contribution in [0.3, 0.4) is 0 Å². The van der Waals surface area contributed by atoms with Crippen LogP contribution in [-0.4, -0.2) is 16.3 Å². The van der Waals surface area contributed by atoms with E-state index in [1.54, 1.807) is 12.1 Å². The third kappa shape index (κ3) is 6.79. The lowest BCUT2D eigenvalue weighted by Gasteiger charge is -2.15. The van der Waals surface area contributed by atoms with Crippen molar-refractivity contribution in [2.45, 2.75) is 76.9 Å². The normalized spacial score (nSPS) is 14.5. The molecule has 2 unspecified atom stereocenters. The average Bonchev–Trinajstić information content (AvgIpc) is 2.94. The van der Waals surface area contributed by atoms with E-state index in [1.165, 1.54) is 44.8 Å². The molecule has 0 aromatic carbocycles. The van der Waals surface area contributed by atoms with E-state index in [0.717, 1.165) is 12.8 Å². The largest absolute Gasteiger partial charge is 0.466 e. The molecule has 0 saturated heterocycles. The summed E-state index contributed by atoms with van der Waals surface area (Å²) >= 11 is 0. The van der Waals surface area contributed by atoms with Crippen LogP contribution in [0.15, 0.2) is 22.8 Å². The molecule has 0 fully saturated rings. The topological polar surface area (TPSA) is 53.6 Å². The number of rotatable bonds is 11. The molecule has 0 aliphatic heterocycles. The van der Waals surface area contributed by atoms with Crippen LogP contribution in [0, 0.1) is 0 Å². The van der Waals surface area contributed by atoms with Crippen molar-refractivity contribution in [2.24, 2.45) is 0 Å². The molecule has 0 aliphatic carbocycles. The summed E-state index contributed by atoms with van der Waals surface area (Å²) in [7, 11) is 0. The van der Waals surface area contributed by atoms with Gasteiger partial charge in [-0.3, -0.25) is 0 Å². The Morgan fingerprint density at radius 1 is 1.00 bits per heavy atom. The molecule has 3 nitrogen and oxygen atoms in total. The third-order valence-electron chi connectivity index (χ3n) is 3.55. The Bertz CT molecular complexity index is 295. The summed E-state index contributed by atoms with van der Waals surface area (Å²) in [5, 5.41) is 19.7. The Morgan fingerprint density at radius 2 is 1.63 bits per heavy atom. The first-order valence-electron chi connectivity index (χ1n) is 7.65. The maximum absolute atomic E-state index is 9.85. The van der Waals surface area contributed by atoms with Crippen molar-refractivity contribution in [3.05, 3.63) is 24.2 Å². The zero-order chi connectivity index (χ0) is 13.9. The van der Waals surface area contributed by atoms with Gasteiger partial charge in [-0.25, -0.2) is 0 Å². The fourth-order valence-corrected chi connectivity index (χ4v) is 2.29. The average molecular weight is 268 g/mol. The number of aliphatic hydroxyl groups excluding tert-OH is 2. The minimum atomic E-state index is -0.889. The van der Waals surface area contributed by atoms with Crippen LogP contribution in [-0.2, 0) is 0 Å². The third-order valence-corrected chi connectivity index (χ3v) is 3.55. The van der Waals surface area contributed by atoms with Gasteiger partial charge in [-0.2, -0.15) is 0 Å². The highest BCUT2D eigenvalue weighted by Gasteiger charge is 2.19. The van der Waals surface area contributed by atoms with E-state index in [4.69, 9.17) is 4.42 Å². The predicted molar refractivity (Wildman–Crippen MR) is 76.9 cm³/mol. The van der Waals surface area contributed by atoms with Crippen LogP contribution in [0.2, 0.25) is 0 Å². The standard InChI is InChI=1S/C16H28O3/c1-2-3-4-5-6-7-8-9-11-14(17)16(18)15-12-10-13-19-15/h10,12-14,16-18H,2-9,11H2,1H3. The Labute approximate surface area is 116 Å². The van der Waals surface area contributed by atoms with E-state index in [-0.39, 0.29) is 0 Å². The number of furan rings is 1. The lowest BCUT2D eigenvalue weighted by molar-refractivity contribution is -0.000355. The minimum absolute atomic E-state index is 0.451. The van der Waals surface area contributed by atoms with Gasteiger partial charge in [0.1, 0.15) is 11.9 Å². The lowest BCUT2D eigenvalue weighted by atomic mass is 10.0. The molecule has 0 amide bonds. The maximum atomic E-state index is 9.85. The van der Waals surface area contributed by atoms with Crippen molar-refractivity contribution >= 4 is 0 Å². The zero-order valence-corrected chi connectivity index (χ0v) is 12.1. The van der Waals surface area contributed by atoms with E-state index >= 15 is 0 Å². The van der Waals surface area contributed by atoms with Crippen molar-refractivity contribution in [1.29, 1.82) is 0 Å². The molecule has 0 spiro atoms. The van der Waals surface area contributed by atoms with E-state index in [2.05, 4.69) is 6.92 Å². The molecule has 1 heterocycles. The monoisotopic (exact) mass is 268 g/mol. The van der Waals surface area contributed by atoms with E-state index in [0.29, 0.717) is 12.2 Å². The van der Waals surface area contributed by atoms with Gasteiger partial charge in [0.05, 0.1) is 12.4 Å². The number of hydrogen-bond acceptors (Lipinski definition) is 3. The summed E-state index contributed by atoms with van der Waals surface area (Å²) in [5.74, 6) is 0.451. The zero-order valence-electron chi connectivity index (χ0n) is 12.1. The van der Waals surface area contributed by atoms with Crippen molar-refractivity contribution in [1.82, 2.24) is 0 Å². The molecule has 0 aliphatic rings. The van der Waals surface area contributed by atoms with Crippen molar-refractivity contribution in [3.63, 3.8) is 0 Å². The first kappa shape index (κ1) is 16.3. The summed E-state index contributed by atoms with van der Waals surface area (Å²) in [6, 6.07) is 3.42. The fourth-order valence-electron chi connectivity index (χ4n) is 2.29. The Balaban J connectivity index is 2.00. The van der Waals surface area contributed by atoms with Gasteiger partial charge in [0.15, 0.2) is 0 Å². The lowest BCUT2D eigenvalue weighted by Crippen LogP contribution is -2.17. The molecular formula is C16H28O3. The molecule has 19 heavy (non-hydrogen) atoms. The molecule has 0 bridgehead atoms. The quantitative estimate of drug-likeness (QED) is 0.591. The Morgan fingerprint density at radius 3 is 2.21 bits per heavy atom. The smallest absolute Gasteiger partial charge is 0.137 e. The van der Waals surface area contributed by atoms with E-state index < -0.39 is 12.2 Å². The second-order valence-corrected chi connectivity index (χ2v) is 5.29. The van der Waals surface area contributed by atoms with Gasteiger partial charge in [0.25, 0.3) is 0 Å². The highest BCUT2D eigenvalue weighted by molar-refractivity contribution is 5.03. The summed E-state index contributed by atoms with van der Waals surface area (Å²) < 4.78 is 5.09. The van der Waals surface area contributed by atoms with Crippen LogP contribution in [0.25, 0.3) is 0 Å². The Hall–Kier alpha value is -0.800. The Kier molecular flexibility index (Phi) is 8.59. The molecule has 2 N–H and O–H groups in total. The van der Waals surface area contributed by atoms with Crippen molar-refractivity contribution < 1.29 is 14.6 Å². The van der Waals surface area contributed by atoms with Gasteiger partial charge < -0.3 is 14.6 Å². The highest BCUT2D eigenvalue weighted by atomic mass is 16.4. The minimum Gasteiger partial charge on any atom is -0.466 e. The fraction of sp³-hybridized carbons (Fsp3) is 0.750. The maximum Gasteiger partial charge on any atom is 0.137 e. The van der Waals surface area contributed by atoms with E-state index in [9.17, 15) is 10.2 Å². The van der Waals surface area contributed by atoms with Gasteiger partial charge in [0, 0.05) is 0 Å². The number of aliphatic hydroxyl groups is 2. The second-order valence-electron chi connectivity index (χ2n) is 5.29. The van der Waals surface area contributed by atoms with Crippen molar-refractivity contribution in [3.8, 4) is 0 Å². The van der Waals surface area contributed by atoms with Crippen LogP contribution in [0.5, 0.6) is 0 Å². The molecule has 0 radical (unpaired) electrons. The van der Waals surface area contributed by atoms with Crippen LogP contribution >= 0.6 is 0 Å². The number of unbranched alkanes of at least 4 members (excludes halogenated alkanes) is 7. The molecule has 0 saturated carbocycles. The van der Waals surface area contributed by atoms with Crippen molar-refractivity contribution in [2.75, 3.05) is 0 Å². The summed E-state index contributed by atoms with van der Waals surface area (Å²) in [6.45, 7) is 2.23. The molecule has 3 heteroatoms. The molecule has 2 atom stereocenters. The molecule has 1 aromatic heterocycles. The predicted octanol–water partition coefficient (Wildman–Crippen LogP) is 4.20. The van der Waals surface area contributed by atoms with Crippen LogP contribution < -0.4 is 0 Å². The molecule has 110 valence electrons. The molecule has 1 rings (SSSR count). The van der Waals surface area contributed by atoms with Gasteiger partial charge in [-0.1, -0.05) is 58.3 Å². The van der Waals surface area contributed by atoms with E-state index in [1.807, 2.05) is 0 Å². The van der Waals surface area contributed by atoms with Gasteiger partial charge in [0.2, 0.25) is 0 Å². The number of hydrogen-bond donors (Lipinski definition) is 2. The second kappa shape index (κ2) is 10.0.